The maximum absolute atomic E-state index is 4.60. The molecule has 1 aromatic heterocycles. The van der Waals surface area contributed by atoms with Crippen molar-refractivity contribution in [3.63, 3.8) is 0 Å². The summed E-state index contributed by atoms with van der Waals surface area (Å²) in [5.41, 5.74) is 0.554. The third kappa shape index (κ3) is 2.54. The van der Waals surface area contributed by atoms with E-state index in [9.17, 15) is 0 Å². The highest BCUT2D eigenvalue weighted by molar-refractivity contribution is 7.99. The summed E-state index contributed by atoms with van der Waals surface area (Å²) in [4.78, 5) is 4.60. The normalized spacial score (nSPS) is 32.6. The Morgan fingerprint density at radius 3 is 2.76 bits per heavy atom. The van der Waals surface area contributed by atoms with Crippen LogP contribution in [0.15, 0.2) is 11.6 Å². The summed E-state index contributed by atoms with van der Waals surface area (Å²) < 4.78 is 0. The van der Waals surface area contributed by atoms with Gasteiger partial charge in [0.05, 0.1) is 5.54 Å². The Balaban J connectivity index is 1.89. The van der Waals surface area contributed by atoms with Crippen LogP contribution in [0.4, 0.5) is 0 Å². The van der Waals surface area contributed by atoms with Crippen molar-refractivity contribution in [3.8, 4) is 0 Å². The second-order valence-electron chi connectivity index (χ2n) is 6.17. The SMILES string of the molecule is CC1(C)CSCC(NC2CC2)(c2nccs2)C1. The Hall–Kier alpha value is -0.0600. The number of hydrogen-bond acceptors (Lipinski definition) is 4. The van der Waals surface area contributed by atoms with Crippen molar-refractivity contribution in [1.29, 1.82) is 0 Å². The van der Waals surface area contributed by atoms with Gasteiger partial charge in [0, 0.05) is 23.4 Å². The molecule has 2 nitrogen and oxygen atoms in total. The number of thiazole rings is 1. The molecule has 4 heteroatoms. The van der Waals surface area contributed by atoms with E-state index in [4.69, 9.17) is 0 Å². The molecule has 0 aromatic carbocycles. The first-order valence-corrected chi connectivity index (χ1v) is 8.39. The summed E-state index contributed by atoms with van der Waals surface area (Å²) in [6.07, 6.45) is 5.86. The molecule has 0 amide bonds. The van der Waals surface area contributed by atoms with Crippen LogP contribution in [0.5, 0.6) is 0 Å². The van der Waals surface area contributed by atoms with Crippen LogP contribution < -0.4 is 5.32 Å². The van der Waals surface area contributed by atoms with E-state index in [2.05, 4.69) is 41.3 Å². The van der Waals surface area contributed by atoms with Crippen LogP contribution in [0.3, 0.4) is 0 Å². The summed E-state index contributed by atoms with van der Waals surface area (Å²) in [5.74, 6) is 2.45. The zero-order valence-electron chi connectivity index (χ0n) is 10.5. The van der Waals surface area contributed by atoms with Crippen LogP contribution in [-0.2, 0) is 5.54 Å². The summed E-state index contributed by atoms with van der Waals surface area (Å²) in [6.45, 7) is 4.77. The minimum Gasteiger partial charge on any atom is -0.302 e. The van der Waals surface area contributed by atoms with Crippen molar-refractivity contribution >= 4 is 23.1 Å². The topological polar surface area (TPSA) is 24.9 Å². The third-order valence-electron chi connectivity index (χ3n) is 3.52. The molecule has 1 N–H and O–H groups in total. The number of rotatable bonds is 3. The fraction of sp³-hybridized carbons (Fsp3) is 0.769. The van der Waals surface area contributed by atoms with Crippen LogP contribution in [0.1, 0.15) is 38.1 Å². The smallest absolute Gasteiger partial charge is 0.114 e. The van der Waals surface area contributed by atoms with Crippen LogP contribution in [0, 0.1) is 5.41 Å². The van der Waals surface area contributed by atoms with Gasteiger partial charge in [-0.25, -0.2) is 4.98 Å². The highest BCUT2D eigenvalue weighted by atomic mass is 32.2. The van der Waals surface area contributed by atoms with Gasteiger partial charge in [0.25, 0.3) is 0 Å². The molecule has 2 aliphatic rings. The molecule has 0 spiro atoms. The van der Waals surface area contributed by atoms with Crippen molar-refractivity contribution < 1.29 is 0 Å². The molecule has 1 atom stereocenters. The van der Waals surface area contributed by atoms with Gasteiger partial charge in [-0.15, -0.1) is 11.3 Å². The molecule has 17 heavy (non-hydrogen) atoms. The molecule has 94 valence electrons. The van der Waals surface area contributed by atoms with Crippen LogP contribution in [0.2, 0.25) is 0 Å². The van der Waals surface area contributed by atoms with Crippen molar-refractivity contribution in [2.45, 2.75) is 44.7 Å². The number of aromatic nitrogens is 1. The van der Waals surface area contributed by atoms with Crippen molar-refractivity contribution in [3.05, 3.63) is 16.6 Å². The fourth-order valence-corrected chi connectivity index (χ4v) is 5.11. The highest BCUT2D eigenvalue weighted by Crippen LogP contribution is 2.46. The van der Waals surface area contributed by atoms with E-state index in [0.29, 0.717) is 5.41 Å². The van der Waals surface area contributed by atoms with E-state index in [0.717, 1.165) is 6.04 Å². The highest BCUT2D eigenvalue weighted by Gasteiger charge is 2.46. The maximum atomic E-state index is 4.60. The van der Waals surface area contributed by atoms with Crippen LogP contribution in [-0.4, -0.2) is 22.5 Å². The van der Waals surface area contributed by atoms with E-state index in [1.54, 1.807) is 0 Å². The van der Waals surface area contributed by atoms with Gasteiger partial charge in [-0.05, 0) is 30.4 Å². The molecular weight excluding hydrogens is 248 g/mol. The lowest BCUT2D eigenvalue weighted by atomic mass is 9.80. The van der Waals surface area contributed by atoms with Crippen LogP contribution >= 0.6 is 23.1 Å². The quantitative estimate of drug-likeness (QED) is 0.911. The number of nitrogens with one attached hydrogen (secondary N) is 1. The molecule has 2 fully saturated rings. The molecule has 3 rings (SSSR count). The summed E-state index contributed by atoms with van der Waals surface area (Å²) in [5, 5.41) is 7.30. The first-order chi connectivity index (χ1) is 8.10. The van der Waals surface area contributed by atoms with Gasteiger partial charge in [0.1, 0.15) is 5.01 Å². The van der Waals surface area contributed by atoms with Gasteiger partial charge in [0.2, 0.25) is 0 Å². The van der Waals surface area contributed by atoms with Crippen molar-refractivity contribution in [2.75, 3.05) is 11.5 Å². The lowest BCUT2D eigenvalue weighted by Crippen LogP contribution is -2.51. The Morgan fingerprint density at radius 1 is 1.35 bits per heavy atom. The van der Waals surface area contributed by atoms with Gasteiger partial charge >= 0.3 is 0 Å². The average Bonchev–Trinajstić information content (AvgIpc) is 2.89. The maximum Gasteiger partial charge on any atom is 0.114 e. The Bertz CT molecular complexity index is 384. The zero-order chi connectivity index (χ0) is 11.9. The molecule has 2 heterocycles. The molecular formula is C13H20N2S2. The Morgan fingerprint density at radius 2 is 2.18 bits per heavy atom. The van der Waals surface area contributed by atoms with Gasteiger partial charge in [-0.2, -0.15) is 11.8 Å². The molecule has 1 aliphatic carbocycles. The lowest BCUT2D eigenvalue weighted by molar-refractivity contribution is 0.221. The van der Waals surface area contributed by atoms with Gasteiger partial charge in [-0.1, -0.05) is 13.8 Å². The first-order valence-electron chi connectivity index (χ1n) is 6.35. The lowest BCUT2D eigenvalue weighted by Gasteiger charge is -2.44. The average molecular weight is 268 g/mol. The Kier molecular flexibility index (Phi) is 3.00. The summed E-state index contributed by atoms with van der Waals surface area (Å²) >= 11 is 3.89. The largest absolute Gasteiger partial charge is 0.302 e. The zero-order valence-corrected chi connectivity index (χ0v) is 12.2. The van der Waals surface area contributed by atoms with E-state index >= 15 is 0 Å². The van der Waals surface area contributed by atoms with E-state index in [1.807, 2.05) is 17.5 Å². The number of hydrogen-bond donors (Lipinski definition) is 1. The van der Waals surface area contributed by atoms with E-state index in [1.165, 1.54) is 35.8 Å². The molecule has 0 radical (unpaired) electrons. The van der Waals surface area contributed by atoms with Crippen molar-refractivity contribution in [2.24, 2.45) is 5.41 Å². The van der Waals surface area contributed by atoms with Crippen molar-refractivity contribution in [1.82, 2.24) is 10.3 Å². The number of thioether (sulfide) groups is 1. The standard InChI is InChI=1S/C13H20N2S2/c1-12(2)7-13(9-16-8-12,15-10-3-4-10)11-14-5-6-17-11/h5-6,10,15H,3-4,7-9H2,1-2H3. The predicted octanol–water partition coefficient (Wildman–Crippen LogP) is 3.25. The minimum absolute atomic E-state index is 0.141. The van der Waals surface area contributed by atoms with E-state index < -0.39 is 0 Å². The molecule has 1 aliphatic heterocycles. The molecule has 0 bridgehead atoms. The monoisotopic (exact) mass is 268 g/mol. The Labute approximate surface area is 112 Å². The first kappa shape index (κ1) is 12.0. The van der Waals surface area contributed by atoms with Gasteiger partial charge in [0.15, 0.2) is 0 Å². The summed E-state index contributed by atoms with van der Waals surface area (Å²) in [6, 6.07) is 0.744. The molecule has 1 aromatic rings. The molecule has 1 saturated carbocycles. The van der Waals surface area contributed by atoms with Gasteiger partial charge in [-0.3, -0.25) is 0 Å². The van der Waals surface area contributed by atoms with Crippen LogP contribution in [0.25, 0.3) is 0 Å². The third-order valence-corrected chi connectivity index (χ3v) is 6.18. The second kappa shape index (κ2) is 4.25. The van der Waals surface area contributed by atoms with E-state index in [-0.39, 0.29) is 5.54 Å². The molecule has 1 unspecified atom stereocenters. The fourth-order valence-electron chi connectivity index (χ4n) is 2.79. The minimum atomic E-state index is 0.141. The van der Waals surface area contributed by atoms with Gasteiger partial charge < -0.3 is 5.32 Å². The molecule has 1 saturated heterocycles. The second-order valence-corrected chi connectivity index (χ2v) is 8.05. The number of nitrogens with zero attached hydrogens (tertiary/aromatic N) is 1. The summed E-state index contributed by atoms with van der Waals surface area (Å²) in [7, 11) is 0. The predicted molar refractivity (Wildman–Crippen MR) is 75.7 cm³/mol.